The number of hydrogen-bond acceptors (Lipinski definition) is 5. The molecule has 1 aliphatic rings. The molecular formula is C16H11BrClFN4O. The molecule has 0 saturated carbocycles. The van der Waals surface area contributed by atoms with Gasteiger partial charge in [0.05, 0.1) is 22.8 Å². The predicted octanol–water partition coefficient (Wildman–Crippen LogP) is 4.50. The van der Waals surface area contributed by atoms with Crippen molar-refractivity contribution in [3.8, 4) is 5.75 Å². The summed E-state index contributed by atoms with van der Waals surface area (Å²) in [6.07, 6.45) is 4.15. The SMILES string of the molecule is Fc1ccc2nc(Cl)nc(N3CCCOc4c(Br)cncc43)c2c1. The van der Waals surface area contributed by atoms with Gasteiger partial charge in [-0.1, -0.05) is 0 Å². The Balaban J connectivity index is 1.98. The van der Waals surface area contributed by atoms with Crippen LogP contribution in [0.1, 0.15) is 6.42 Å². The van der Waals surface area contributed by atoms with Gasteiger partial charge < -0.3 is 9.64 Å². The maximum absolute atomic E-state index is 13.8. The molecule has 0 radical (unpaired) electrons. The van der Waals surface area contributed by atoms with Gasteiger partial charge in [0, 0.05) is 18.1 Å². The summed E-state index contributed by atoms with van der Waals surface area (Å²) >= 11 is 9.54. The summed E-state index contributed by atoms with van der Waals surface area (Å²) in [6.45, 7) is 1.21. The second-order valence-corrected chi connectivity index (χ2v) is 6.49. The third-order valence-corrected chi connectivity index (χ3v) is 4.50. The number of halogens is 3. The number of hydrogen-bond donors (Lipinski definition) is 0. The van der Waals surface area contributed by atoms with Gasteiger partial charge in [-0.3, -0.25) is 4.98 Å². The largest absolute Gasteiger partial charge is 0.490 e. The Kier molecular flexibility index (Phi) is 3.97. The number of nitrogens with zero attached hydrogens (tertiary/aromatic N) is 4. The van der Waals surface area contributed by atoms with E-state index < -0.39 is 0 Å². The van der Waals surface area contributed by atoms with Crippen LogP contribution in [-0.4, -0.2) is 28.1 Å². The standard InChI is InChI=1S/C16H11BrClFN4O/c17-11-7-20-8-13-14(11)24-5-1-4-23(13)15-10-6-9(19)2-3-12(10)21-16(18)22-15/h2-3,6-8H,1,4-5H2. The van der Waals surface area contributed by atoms with Crippen LogP contribution in [-0.2, 0) is 0 Å². The Morgan fingerprint density at radius 2 is 2.12 bits per heavy atom. The molecule has 0 aliphatic carbocycles. The van der Waals surface area contributed by atoms with E-state index in [4.69, 9.17) is 16.3 Å². The van der Waals surface area contributed by atoms with E-state index in [0.29, 0.717) is 35.6 Å². The van der Waals surface area contributed by atoms with Crippen LogP contribution in [0.2, 0.25) is 5.28 Å². The quantitative estimate of drug-likeness (QED) is 0.554. The molecule has 24 heavy (non-hydrogen) atoms. The van der Waals surface area contributed by atoms with E-state index >= 15 is 0 Å². The number of anilines is 2. The van der Waals surface area contributed by atoms with Gasteiger partial charge in [0.2, 0.25) is 5.28 Å². The Morgan fingerprint density at radius 3 is 3.00 bits per heavy atom. The number of ether oxygens (including phenoxy) is 1. The molecular weight excluding hydrogens is 399 g/mol. The minimum Gasteiger partial charge on any atom is -0.490 e. The van der Waals surface area contributed by atoms with Crippen molar-refractivity contribution >= 4 is 49.9 Å². The zero-order valence-electron chi connectivity index (χ0n) is 12.3. The molecule has 0 bridgehead atoms. The second kappa shape index (κ2) is 6.14. The highest BCUT2D eigenvalue weighted by molar-refractivity contribution is 9.10. The molecule has 4 rings (SSSR count). The molecule has 0 N–H and O–H groups in total. The van der Waals surface area contributed by atoms with E-state index in [2.05, 4.69) is 30.9 Å². The van der Waals surface area contributed by atoms with Gasteiger partial charge in [0.25, 0.3) is 0 Å². The third-order valence-electron chi connectivity index (χ3n) is 3.76. The van der Waals surface area contributed by atoms with Gasteiger partial charge in [-0.25, -0.2) is 9.37 Å². The zero-order chi connectivity index (χ0) is 16.7. The summed E-state index contributed by atoms with van der Waals surface area (Å²) in [5, 5.41) is 0.700. The van der Waals surface area contributed by atoms with Gasteiger partial charge in [0.1, 0.15) is 17.3 Å². The van der Waals surface area contributed by atoms with Crippen molar-refractivity contribution < 1.29 is 9.13 Å². The van der Waals surface area contributed by atoms with Crippen molar-refractivity contribution in [2.45, 2.75) is 6.42 Å². The van der Waals surface area contributed by atoms with E-state index in [1.165, 1.54) is 12.1 Å². The fraction of sp³-hybridized carbons (Fsp3) is 0.188. The fourth-order valence-electron chi connectivity index (χ4n) is 2.75. The zero-order valence-corrected chi connectivity index (χ0v) is 14.7. The summed E-state index contributed by atoms with van der Waals surface area (Å²) in [5.74, 6) is 0.867. The second-order valence-electron chi connectivity index (χ2n) is 5.30. The lowest BCUT2D eigenvalue weighted by Gasteiger charge is -2.24. The molecule has 1 aliphatic heterocycles. The van der Waals surface area contributed by atoms with Crippen LogP contribution >= 0.6 is 27.5 Å². The van der Waals surface area contributed by atoms with Crippen LogP contribution in [0.25, 0.3) is 10.9 Å². The fourth-order valence-corrected chi connectivity index (χ4v) is 3.35. The molecule has 5 nitrogen and oxygen atoms in total. The summed E-state index contributed by atoms with van der Waals surface area (Å²) in [4.78, 5) is 14.7. The third kappa shape index (κ3) is 2.67. The maximum Gasteiger partial charge on any atom is 0.224 e. The number of pyridine rings is 1. The molecule has 0 unspecified atom stereocenters. The highest BCUT2D eigenvalue weighted by Crippen LogP contribution is 2.41. The highest BCUT2D eigenvalue weighted by atomic mass is 79.9. The normalized spacial score (nSPS) is 14.2. The van der Waals surface area contributed by atoms with Crippen molar-refractivity contribution in [3.63, 3.8) is 0 Å². The van der Waals surface area contributed by atoms with Crippen molar-refractivity contribution in [3.05, 3.63) is 46.2 Å². The van der Waals surface area contributed by atoms with Crippen molar-refractivity contribution in [1.29, 1.82) is 0 Å². The van der Waals surface area contributed by atoms with Crippen molar-refractivity contribution in [2.24, 2.45) is 0 Å². The molecule has 0 atom stereocenters. The Hall–Kier alpha value is -1.99. The average molecular weight is 410 g/mol. The minimum atomic E-state index is -0.353. The van der Waals surface area contributed by atoms with Gasteiger partial charge in [-0.2, -0.15) is 4.98 Å². The molecule has 0 fully saturated rings. The first-order valence-electron chi connectivity index (χ1n) is 7.30. The smallest absolute Gasteiger partial charge is 0.224 e. The molecule has 3 heterocycles. The van der Waals surface area contributed by atoms with Gasteiger partial charge in [-0.05, 0) is 52.2 Å². The van der Waals surface area contributed by atoms with Crippen LogP contribution in [0.4, 0.5) is 15.9 Å². The molecule has 0 saturated heterocycles. The highest BCUT2D eigenvalue weighted by Gasteiger charge is 2.24. The van der Waals surface area contributed by atoms with Gasteiger partial charge in [0.15, 0.2) is 5.75 Å². The first-order chi connectivity index (χ1) is 11.6. The van der Waals surface area contributed by atoms with E-state index in [9.17, 15) is 4.39 Å². The predicted molar refractivity (Wildman–Crippen MR) is 93.6 cm³/mol. The van der Waals surface area contributed by atoms with Gasteiger partial charge >= 0.3 is 0 Å². The number of rotatable bonds is 1. The van der Waals surface area contributed by atoms with Crippen LogP contribution in [0, 0.1) is 5.82 Å². The minimum absolute atomic E-state index is 0.110. The average Bonchev–Trinajstić information content (AvgIpc) is 2.78. The maximum atomic E-state index is 13.8. The van der Waals surface area contributed by atoms with Crippen LogP contribution in [0.5, 0.6) is 5.75 Å². The Morgan fingerprint density at radius 1 is 1.25 bits per heavy atom. The molecule has 8 heteroatoms. The summed E-state index contributed by atoms with van der Waals surface area (Å²) in [6, 6.07) is 4.36. The number of fused-ring (bicyclic) bond motifs is 2. The van der Waals surface area contributed by atoms with Crippen molar-refractivity contribution in [2.75, 3.05) is 18.1 Å². The number of benzene rings is 1. The van der Waals surface area contributed by atoms with Crippen LogP contribution < -0.4 is 9.64 Å². The van der Waals surface area contributed by atoms with E-state index in [0.717, 1.165) is 16.6 Å². The lowest BCUT2D eigenvalue weighted by atomic mass is 10.2. The summed E-state index contributed by atoms with van der Waals surface area (Å²) < 4.78 is 20.3. The number of aromatic nitrogens is 3. The molecule has 2 aromatic heterocycles. The van der Waals surface area contributed by atoms with Crippen molar-refractivity contribution in [1.82, 2.24) is 15.0 Å². The topological polar surface area (TPSA) is 51.1 Å². The molecule has 122 valence electrons. The first-order valence-corrected chi connectivity index (χ1v) is 8.47. The van der Waals surface area contributed by atoms with Crippen LogP contribution in [0.3, 0.4) is 0 Å². The molecule has 0 amide bonds. The molecule has 3 aromatic rings. The van der Waals surface area contributed by atoms with E-state index in [1.807, 2.05) is 4.90 Å². The monoisotopic (exact) mass is 408 g/mol. The first kappa shape index (κ1) is 15.5. The molecule has 1 aromatic carbocycles. The lowest BCUT2D eigenvalue weighted by molar-refractivity contribution is 0.320. The summed E-state index contributed by atoms with van der Waals surface area (Å²) in [7, 11) is 0. The summed E-state index contributed by atoms with van der Waals surface area (Å²) in [5.41, 5.74) is 1.34. The van der Waals surface area contributed by atoms with E-state index in [-0.39, 0.29) is 11.1 Å². The van der Waals surface area contributed by atoms with Crippen LogP contribution in [0.15, 0.2) is 35.1 Å². The lowest BCUT2D eigenvalue weighted by Crippen LogP contribution is -2.20. The Bertz CT molecular complexity index is 939. The Labute approximate surface area is 150 Å². The van der Waals surface area contributed by atoms with E-state index in [1.54, 1.807) is 18.5 Å². The van der Waals surface area contributed by atoms with Gasteiger partial charge in [-0.15, -0.1) is 0 Å². The molecule has 0 spiro atoms.